The average molecular weight is 372 g/mol. The third-order valence-corrected chi connectivity index (χ3v) is 5.41. The number of likely N-dealkylation sites (tertiary alicyclic amines) is 1. The predicted octanol–water partition coefficient (Wildman–Crippen LogP) is 0.741. The number of carbonyl (C=O) groups excluding carboxylic acids is 1. The highest BCUT2D eigenvalue weighted by molar-refractivity contribution is 5.97. The number of aromatic nitrogens is 4. The number of carbonyl (C=O) groups is 1. The summed E-state index contributed by atoms with van der Waals surface area (Å²) >= 11 is 0. The van der Waals surface area contributed by atoms with Crippen molar-refractivity contribution in [1.82, 2.24) is 30.4 Å². The molecule has 9 nitrogen and oxygen atoms in total. The van der Waals surface area contributed by atoms with Gasteiger partial charge in [0, 0.05) is 38.4 Å². The van der Waals surface area contributed by atoms with E-state index in [-0.39, 0.29) is 23.3 Å². The predicted molar refractivity (Wildman–Crippen MR) is 96.7 cm³/mol. The summed E-state index contributed by atoms with van der Waals surface area (Å²) in [7, 11) is 0. The van der Waals surface area contributed by atoms with Gasteiger partial charge in [-0.2, -0.15) is 0 Å². The number of rotatable bonds is 4. The van der Waals surface area contributed by atoms with Crippen molar-refractivity contribution >= 4 is 5.91 Å². The summed E-state index contributed by atoms with van der Waals surface area (Å²) in [6.07, 6.45) is 5.46. The van der Waals surface area contributed by atoms with Gasteiger partial charge in [-0.3, -0.25) is 4.79 Å². The highest BCUT2D eigenvalue weighted by Gasteiger charge is 2.27. The van der Waals surface area contributed by atoms with E-state index in [1.807, 2.05) is 0 Å². The fraction of sp³-hybridized carbons (Fsp3) is 0.556. The SMILES string of the molecule is O=C(NC1CCN(C2CCOCC2)CC1)c1cc(-n2cnnn2)ccc1O. The molecule has 1 aromatic heterocycles. The Morgan fingerprint density at radius 3 is 2.67 bits per heavy atom. The van der Waals surface area contributed by atoms with Crippen LogP contribution in [0.25, 0.3) is 5.69 Å². The van der Waals surface area contributed by atoms with Crippen LogP contribution >= 0.6 is 0 Å². The minimum absolute atomic E-state index is 0.0519. The van der Waals surface area contributed by atoms with Crippen LogP contribution in [0.2, 0.25) is 0 Å². The molecule has 2 aliphatic rings. The van der Waals surface area contributed by atoms with Crippen molar-refractivity contribution in [2.75, 3.05) is 26.3 Å². The molecule has 4 rings (SSSR count). The maximum absolute atomic E-state index is 12.7. The molecule has 0 atom stereocenters. The minimum atomic E-state index is -0.271. The lowest BCUT2D eigenvalue weighted by molar-refractivity contribution is 0.0238. The summed E-state index contributed by atoms with van der Waals surface area (Å²) in [5, 5.41) is 24.2. The maximum Gasteiger partial charge on any atom is 0.255 e. The number of hydrogen-bond donors (Lipinski definition) is 2. The summed E-state index contributed by atoms with van der Waals surface area (Å²) in [6.45, 7) is 3.65. The zero-order valence-electron chi connectivity index (χ0n) is 15.1. The van der Waals surface area contributed by atoms with Gasteiger partial charge in [-0.05, 0) is 54.3 Å². The Kier molecular flexibility index (Phi) is 5.30. The topological polar surface area (TPSA) is 105 Å². The Balaban J connectivity index is 1.36. The largest absolute Gasteiger partial charge is 0.507 e. The third kappa shape index (κ3) is 4.09. The van der Waals surface area contributed by atoms with E-state index in [1.54, 1.807) is 12.1 Å². The quantitative estimate of drug-likeness (QED) is 0.815. The number of piperidine rings is 1. The molecule has 1 amide bonds. The van der Waals surface area contributed by atoms with Gasteiger partial charge in [-0.1, -0.05) is 0 Å². The molecule has 2 saturated heterocycles. The molecule has 2 aliphatic heterocycles. The fourth-order valence-electron chi connectivity index (χ4n) is 3.85. The minimum Gasteiger partial charge on any atom is -0.507 e. The average Bonchev–Trinajstić information content (AvgIpc) is 3.24. The van der Waals surface area contributed by atoms with Crippen LogP contribution in [0.1, 0.15) is 36.0 Å². The summed E-state index contributed by atoms with van der Waals surface area (Å²) in [5.41, 5.74) is 0.854. The molecule has 0 aliphatic carbocycles. The molecule has 2 N–H and O–H groups in total. The summed E-state index contributed by atoms with van der Waals surface area (Å²) < 4.78 is 6.89. The number of phenols is 1. The number of nitrogens with zero attached hydrogens (tertiary/aromatic N) is 5. The van der Waals surface area contributed by atoms with Crippen LogP contribution in [0.5, 0.6) is 5.75 Å². The van der Waals surface area contributed by atoms with E-state index in [1.165, 1.54) is 17.1 Å². The molecular formula is C18H24N6O3. The van der Waals surface area contributed by atoms with Crippen molar-refractivity contribution in [2.45, 2.75) is 37.8 Å². The van der Waals surface area contributed by atoms with Crippen molar-refractivity contribution in [3.63, 3.8) is 0 Å². The van der Waals surface area contributed by atoms with E-state index < -0.39 is 0 Å². The molecule has 0 unspecified atom stereocenters. The Morgan fingerprint density at radius 2 is 1.96 bits per heavy atom. The molecule has 0 saturated carbocycles. The lowest BCUT2D eigenvalue weighted by Crippen LogP contribution is -2.49. The second-order valence-electron chi connectivity index (χ2n) is 7.08. The first-order valence-electron chi connectivity index (χ1n) is 9.40. The van der Waals surface area contributed by atoms with E-state index in [9.17, 15) is 9.90 Å². The van der Waals surface area contributed by atoms with Gasteiger partial charge in [0.2, 0.25) is 0 Å². The van der Waals surface area contributed by atoms with Crippen molar-refractivity contribution in [1.29, 1.82) is 0 Å². The van der Waals surface area contributed by atoms with Crippen molar-refractivity contribution in [2.24, 2.45) is 0 Å². The second-order valence-corrected chi connectivity index (χ2v) is 7.08. The first-order valence-corrected chi connectivity index (χ1v) is 9.40. The van der Waals surface area contributed by atoms with E-state index >= 15 is 0 Å². The Hall–Kier alpha value is -2.52. The van der Waals surface area contributed by atoms with Gasteiger partial charge in [0.05, 0.1) is 11.3 Å². The van der Waals surface area contributed by atoms with Gasteiger partial charge in [-0.25, -0.2) is 4.68 Å². The molecule has 9 heteroatoms. The van der Waals surface area contributed by atoms with Crippen LogP contribution in [0.4, 0.5) is 0 Å². The van der Waals surface area contributed by atoms with Crippen molar-refractivity contribution in [3.8, 4) is 11.4 Å². The Bertz CT molecular complexity index is 767. The van der Waals surface area contributed by atoms with Crippen molar-refractivity contribution in [3.05, 3.63) is 30.1 Å². The Labute approximate surface area is 157 Å². The molecule has 3 heterocycles. The zero-order valence-corrected chi connectivity index (χ0v) is 15.1. The fourth-order valence-corrected chi connectivity index (χ4v) is 3.85. The number of ether oxygens (including phenoxy) is 1. The van der Waals surface area contributed by atoms with Crippen LogP contribution < -0.4 is 5.32 Å². The molecule has 2 aromatic rings. The normalized spacial score (nSPS) is 19.9. The summed E-state index contributed by atoms with van der Waals surface area (Å²) in [5.74, 6) is -0.323. The monoisotopic (exact) mass is 372 g/mol. The molecular weight excluding hydrogens is 348 g/mol. The zero-order chi connectivity index (χ0) is 18.6. The molecule has 0 spiro atoms. The molecule has 2 fully saturated rings. The first kappa shape index (κ1) is 17.9. The van der Waals surface area contributed by atoms with Gasteiger partial charge in [0.1, 0.15) is 12.1 Å². The number of tetrazole rings is 1. The summed E-state index contributed by atoms with van der Waals surface area (Å²) in [6, 6.07) is 5.46. The van der Waals surface area contributed by atoms with Crippen LogP contribution in [0.15, 0.2) is 24.5 Å². The van der Waals surface area contributed by atoms with Gasteiger partial charge < -0.3 is 20.1 Å². The standard InChI is InChI=1S/C18H24N6O3/c25-17-2-1-15(24-12-19-21-22-24)11-16(17)18(26)20-13-3-7-23(8-4-13)14-5-9-27-10-6-14/h1-2,11-14,25H,3-10H2,(H,20,26). The molecule has 144 valence electrons. The highest BCUT2D eigenvalue weighted by Crippen LogP contribution is 2.23. The lowest BCUT2D eigenvalue weighted by atomic mass is 9.99. The number of aromatic hydroxyl groups is 1. The molecule has 27 heavy (non-hydrogen) atoms. The molecule has 0 radical (unpaired) electrons. The van der Waals surface area contributed by atoms with Crippen LogP contribution in [0, 0.1) is 0 Å². The number of amides is 1. The maximum atomic E-state index is 12.7. The van der Waals surface area contributed by atoms with Crippen LogP contribution in [0.3, 0.4) is 0 Å². The number of nitrogens with one attached hydrogen (secondary N) is 1. The van der Waals surface area contributed by atoms with E-state index in [2.05, 4.69) is 25.7 Å². The van der Waals surface area contributed by atoms with Gasteiger partial charge >= 0.3 is 0 Å². The number of hydrogen-bond acceptors (Lipinski definition) is 7. The van der Waals surface area contributed by atoms with Gasteiger partial charge in [-0.15, -0.1) is 5.10 Å². The van der Waals surface area contributed by atoms with Crippen molar-refractivity contribution < 1.29 is 14.6 Å². The highest BCUT2D eigenvalue weighted by atomic mass is 16.5. The van der Waals surface area contributed by atoms with Crippen LogP contribution in [-0.4, -0.2) is 74.5 Å². The van der Waals surface area contributed by atoms with E-state index in [4.69, 9.17) is 4.74 Å². The summed E-state index contributed by atoms with van der Waals surface area (Å²) in [4.78, 5) is 15.2. The van der Waals surface area contributed by atoms with E-state index in [0.29, 0.717) is 11.7 Å². The molecule has 0 bridgehead atoms. The lowest BCUT2D eigenvalue weighted by Gasteiger charge is -2.39. The second kappa shape index (κ2) is 8.01. The van der Waals surface area contributed by atoms with E-state index in [0.717, 1.165) is 52.0 Å². The van der Waals surface area contributed by atoms with Gasteiger partial charge in [0.15, 0.2) is 0 Å². The molecule has 1 aromatic carbocycles. The first-order chi connectivity index (χ1) is 13.2. The van der Waals surface area contributed by atoms with Crippen LogP contribution in [-0.2, 0) is 4.74 Å². The number of benzene rings is 1. The number of phenolic OH excluding ortho intramolecular Hbond substituents is 1. The third-order valence-electron chi connectivity index (χ3n) is 5.41. The van der Waals surface area contributed by atoms with Gasteiger partial charge in [0.25, 0.3) is 5.91 Å². The Morgan fingerprint density at radius 1 is 1.19 bits per heavy atom. The smallest absolute Gasteiger partial charge is 0.255 e.